The van der Waals surface area contributed by atoms with Crippen molar-refractivity contribution in [2.75, 3.05) is 39.3 Å². The maximum absolute atomic E-state index is 12.6. The number of ether oxygens (including phenoxy) is 1. The average molecular weight is 338 g/mol. The Balaban J connectivity index is 1.54. The molecule has 3 heterocycles. The fraction of sp³-hybridized carbons (Fsp3) is 0.750. The van der Waals surface area contributed by atoms with Crippen LogP contribution in [0.25, 0.3) is 0 Å². The first-order chi connectivity index (χ1) is 11.2. The zero-order valence-corrected chi connectivity index (χ0v) is 14.8. The van der Waals surface area contributed by atoms with Crippen molar-refractivity contribution in [3.63, 3.8) is 0 Å². The van der Waals surface area contributed by atoms with Gasteiger partial charge in [-0.2, -0.15) is 0 Å². The van der Waals surface area contributed by atoms with Gasteiger partial charge in [0.05, 0.1) is 13.2 Å². The number of nitrogens with one attached hydrogen (secondary N) is 1. The standard InChI is InChI=1S/C16H26N4O2S/c1-3-19-6-4-5-13(9-19)18-16(21)20-7-8-22-14(10-20)15-17-12(2)11-23-15/h11,13-14H,3-10H2,1-2H3,(H,18,21)/t13-,14-/m1/s1. The van der Waals surface area contributed by atoms with Crippen LogP contribution in [0.2, 0.25) is 0 Å². The number of amides is 2. The predicted octanol–water partition coefficient (Wildman–Crippen LogP) is 2.02. The lowest BCUT2D eigenvalue weighted by atomic mass is 10.1. The maximum Gasteiger partial charge on any atom is 0.317 e. The van der Waals surface area contributed by atoms with Crippen LogP contribution in [0, 0.1) is 6.92 Å². The minimum atomic E-state index is -0.0910. The Bertz CT molecular complexity index is 536. The lowest BCUT2D eigenvalue weighted by Gasteiger charge is -2.36. The second-order valence-electron chi connectivity index (χ2n) is 6.31. The second-order valence-corrected chi connectivity index (χ2v) is 7.20. The van der Waals surface area contributed by atoms with Gasteiger partial charge >= 0.3 is 6.03 Å². The molecule has 1 N–H and O–H groups in total. The van der Waals surface area contributed by atoms with Gasteiger partial charge in [-0.3, -0.25) is 0 Å². The molecular weight excluding hydrogens is 312 g/mol. The van der Waals surface area contributed by atoms with Crippen LogP contribution in [-0.2, 0) is 4.74 Å². The van der Waals surface area contributed by atoms with E-state index in [0.717, 1.165) is 43.2 Å². The molecule has 2 amide bonds. The van der Waals surface area contributed by atoms with Crippen LogP contribution in [-0.4, -0.2) is 66.2 Å². The molecule has 2 atom stereocenters. The number of likely N-dealkylation sites (tertiary alicyclic amines) is 1. The third-order valence-electron chi connectivity index (χ3n) is 4.55. The maximum atomic E-state index is 12.6. The number of aromatic nitrogens is 1. The number of likely N-dealkylation sites (N-methyl/N-ethyl adjacent to an activating group) is 1. The van der Waals surface area contributed by atoms with E-state index in [4.69, 9.17) is 4.74 Å². The van der Waals surface area contributed by atoms with Crippen molar-refractivity contribution in [2.24, 2.45) is 0 Å². The lowest BCUT2D eigenvalue weighted by molar-refractivity contribution is -0.0162. The van der Waals surface area contributed by atoms with Crippen molar-refractivity contribution < 1.29 is 9.53 Å². The van der Waals surface area contributed by atoms with Gasteiger partial charge in [-0.1, -0.05) is 6.92 Å². The molecule has 2 fully saturated rings. The molecule has 3 rings (SSSR count). The highest BCUT2D eigenvalue weighted by Gasteiger charge is 2.29. The molecule has 0 saturated carbocycles. The first-order valence-corrected chi connectivity index (χ1v) is 9.35. The Morgan fingerprint density at radius 3 is 3.09 bits per heavy atom. The van der Waals surface area contributed by atoms with Crippen molar-refractivity contribution >= 4 is 17.4 Å². The predicted molar refractivity (Wildman–Crippen MR) is 90.8 cm³/mol. The van der Waals surface area contributed by atoms with Gasteiger partial charge in [0.1, 0.15) is 11.1 Å². The SMILES string of the molecule is CCN1CCC[C@@H](NC(=O)N2CCO[C@@H](c3nc(C)cs3)C2)C1. The zero-order chi connectivity index (χ0) is 16.2. The molecule has 128 valence electrons. The summed E-state index contributed by atoms with van der Waals surface area (Å²) in [6.07, 6.45) is 2.14. The van der Waals surface area contributed by atoms with Crippen molar-refractivity contribution in [2.45, 2.75) is 38.8 Å². The van der Waals surface area contributed by atoms with Gasteiger partial charge < -0.3 is 19.9 Å². The summed E-state index contributed by atoms with van der Waals surface area (Å²) in [6, 6.07) is 0.300. The zero-order valence-electron chi connectivity index (χ0n) is 14.0. The summed E-state index contributed by atoms with van der Waals surface area (Å²) in [6.45, 7) is 9.12. The van der Waals surface area contributed by atoms with Crippen LogP contribution < -0.4 is 5.32 Å². The number of rotatable bonds is 3. The molecule has 2 saturated heterocycles. The van der Waals surface area contributed by atoms with Crippen molar-refractivity contribution in [1.82, 2.24) is 20.1 Å². The largest absolute Gasteiger partial charge is 0.367 e. The van der Waals surface area contributed by atoms with Gasteiger partial charge in [0.2, 0.25) is 0 Å². The number of nitrogens with zero attached hydrogens (tertiary/aromatic N) is 3. The summed E-state index contributed by atoms with van der Waals surface area (Å²) in [4.78, 5) is 21.3. The van der Waals surface area contributed by atoms with Crippen molar-refractivity contribution in [3.8, 4) is 0 Å². The first-order valence-electron chi connectivity index (χ1n) is 8.47. The van der Waals surface area contributed by atoms with Gasteiger partial charge in [0, 0.05) is 30.2 Å². The minimum Gasteiger partial charge on any atom is -0.367 e. The molecular formula is C16H26N4O2S. The summed E-state index contributed by atoms with van der Waals surface area (Å²) in [5.41, 5.74) is 1.01. The average Bonchev–Trinajstić information content (AvgIpc) is 3.01. The number of morpholine rings is 1. The molecule has 0 bridgehead atoms. The Hall–Kier alpha value is -1.18. The van der Waals surface area contributed by atoms with Crippen LogP contribution in [0.4, 0.5) is 4.79 Å². The van der Waals surface area contributed by atoms with Crippen LogP contribution in [0.15, 0.2) is 5.38 Å². The number of urea groups is 1. The summed E-state index contributed by atoms with van der Waals surface area (Å²) in [5.74, 6) is 0. The Kier molecular flexibility index (Phi) is 5.50. The molecule has 7 heteroatoms. The van der Waals surface area contributed by atoms with Gasteiger partial charge in [-0.15, -0.1) is 11.3 Å². The van der Waals surface area contributed by atoms with E-state index >= 15 is 0 Å². The van der Waals surface area contributed by atoms with E-state index in [1.54, 1.807) is 11.3 Å². The lowest BCUT2D eigenvalue weighted by Crippen LogP contribution is -2.53. The summed E-state index contributed by atoms with van der Waals surface area (Å²) >= 11 is 1.61. The highest BCUT2D eigenvalue weighted by atomic mass is 32.1. The summed E-state index contributed by atoms with van der Waals surface area (Å²) in [7, 11) is 0. The van der Waals surface area contributed by atoms with Crippen molar-refractivity contribution in [3.05, 3.63) is 16.1 Å². The highest BCUT2D eigenvalue weighted by molar-refractivity contribution is 7.09. The smallest absolute Gasteiger partial charge is 0.317 e. The van der Waals surface area contributed by atoms with Gasteiger partial charge in [0.25, 0.3) is 0 Å². The fourth-order valence-corrected chi connectivity index (χ4v) is 4.06. The van der Waals surface area contributed by atoms with E-state index in [-0.39, 0.29) is 18.2 Å². The molecule has 1 aromatic rings. The number of thiazole rings is 1. The minimum absolute atomic E-state index is 0.0366. The van der Waals surface area contributed by atoms with Gasteiger partial charge in [-0.25, -0.2) is 9.78 Å². The summed E-state index contributed by atoms with van der Waals surface area (Å²) < 4.78 is 5.80. The van der Waals surface area contributed by atoms with E-state index in [1.807, 2.05) is 17.2 Å². The highest BCUT2D eigenvalue weighted by Crippen LogP contribution is 2.25. The first kappa shape index (κ1) is 16.7. The van der Waals surface area contributed by atoms with E-state index in [0.29, 0.717) is 19.7 Å². The topological polar surface area (TPSA) is 57.7 Å². The number of carbonyl (C=O) groups excluding carboxylic acids is 1. The summed E-state index contributed by atoms with van der Waals surface area (Å²) in [5, 5.41) is 6.20. The molecule has 2 aliphatic rings. The number of piperidine rings is 1. The molecule has 6 nitrogen and oxygen atoms in total. The molecule has 0 spiro atoms. The Morgan fingerprint density at radius 1 is 1.48 bits per heavy atom. The monoisotopic (exact) mass is 338 g/mol. The Morgan fingerprint density at radius 2 is 2.35 bits per heavy atom. The number of hydrogen-bond acceptors (Lipinski definition) is 5. The van der Waals surface area contributed by atoms with E-state index in [2.05, 4.69) is 22.1 Å². The third kappa shape index (κ3) is 4.22. The van der Waals surface area contributed by atoms with E-state index in [1.165, 1.54) is 0 Å². The fourth-order valence-electron chi connectivity index (χ4n) is 3.23. The Labute approximate surface area is 141 Å². The number of aryl methyl sites for hydroxylation is 1. The second kappa shape index (κ2) is 7.59. The molecule has 2 aliphatic heterocycles. The van der Waals surface area contributed by atoms with Crippen LogP contribution >= 0.6 is 11.3 Å². The molecule has 0 aromatic carbocycles. The number of hydrogen-bond donors (Lipinski definition) is 1. The molecule has 0 radical (unpaired) electrons. The van der Waals surface area contributed by atoms with Crippen molar-refractivity contribution in [1.29, 1.82) is 0 Å². The van der Waals surface area contributed by atoms with Gasteiger partial charge in [0.15, 0.2) is 0 Å². The van der Waals surface area contributed by atoms with E-state index < -0.39 is 0 Å². The van der Waals surface area contributed by atoms with Crippen LogP contribution in [0.5, 0.6) is 0 Å². The van der Waals surface area contributed by atoms with Crippen LogP contribution in [0.1, 0.15) is 36.6 Å². The molecule has 0 unspecified atom stereocenters. The van der Waals surface area contributed by atoms with E-state index in [9.17, 15) is 4.79 Å². The van der Waals surface area contributed by atoms with Gasteiger partial charge in [-0.05, 0) is 32.9 Å². The molecule has 23 heavy (non-hydrogen) atoms. The molecule has 0 aliphatic carbocycles. The normalized spacial score (nSPS) is 26.3. The van der Waals surface area contributed by atoms with Crippen LogP contribution in [0.3, 0.4) is 0 Å². The third-order valence-corrected chi connectivity index (χ3v) is 5.60. The molecule has 1 aromatic heterocycles. The quantitative estimate of drug-likeness (QED) is 0.916. The number of carbonyl (C=O) groups is 1.